The molecule has 1 aromatic rings. The number of carbonyl (C=O) groups excluding carboxylic acids is 1. The van der Waals surface area contributed by atoms with Gasteiger partial charge in [0.2, 0.25) is 5.91 Å². The summed E-state index contributed by atoms with van der Waals surface area (Å²) in [5.41, 5.74) is 0.792. The normalized spacial score (nSPS) is 17.0. The number of halogens is 1. The molecule has 1 heterocycles. The third-order valence-corrected chi connectivity index (χ3v) is 4.63. The molecule has 0 aromatic heterocycles. The summed E-state index contributed by atoms with van der Waals surface area (Å²) in [6, 6.07) is 5.36. The molecule has 1 aromatic carbocycles. The maximum atomic E-state index is 12.3. The summed E-state index contributed by atoms with van der Waals surface area (Å²) in [5.74, 6) is 1.16. The van der Waals surface area contributed by atoms with E-state index in [-0.39, 0.29) is 12.0 Å². The molecule has 0 bridgehead atoms. The number of rotatable bonds is 6. The van der Waals surface area contributed by atoms with Crippen LogP contribution < -0.4 is 10.1 Å². The molecule has 1 aliphatic heterocycles. The van der Waals surface area contributed by atoms with Gasteiger partial charge in [0, 0.05) is 31.1 Å². The molecular formula is C17H25ClN2O3. The van der Waals surface area contributed by atoms with Crippen LogP contribution in [0.4, 0.5) is 5.69 Å². The maximum absolute atomic E-state index is 12.3. The van der Waals surface area contributed by atoms with Crippen molar-refractivity contribution in [3.8, 4) is 5.75 Å². The number of hydrogen-bond donors (Lipinski definition) is 2. The van der Waals surface area contributed by atoms with E-state index in [0.29, 0.717) is 29.7 Å². The van der Waals surface area contributed by atoms with Crippen LogP contribution in [0.3, 0.4) is 0 Å². The molecule has 0 aliphatic carbocycles. The van der Waals surface area contributed by atoms with E-state index in [9.17, 15) is 9.90 Å². The molecule has 1 atom stereocenters. The fraction of sp³-hybridized carbons (Fsp3) is 0.588. The fourth-order valence-electron chi connectivity index (χ4n) is 2.91. The Morgan fingerprint density at radius 2 is 2.17 bits per heavy atom. The highest BCUT2D eigenvalue weighted by atomic mass is 35.5. The number of ether oxygens (including phenoxy) is 1. The van der Waals surface area contributed by atoms with E-state index in [0.717, 1.165) is 31.6 Å². The third kappa shape index (κ3) is 5.01. The van der Waals surface area contributed by atoms with E-state index in [2.05, 4.69) is 5.32 Å². The summed E-state index contributed by atoms with van der Waals surface area (Å²) < 4.78 is 5.27. The Hall–Kier alpha value is -1.46. The highest BCUT2D eigenvalue weighted by molar-refractivity contribution is 6.30. The van der Waals surface area contributed by atoms with Crippen LogP contribution in [0, 0.1) is 5.92 Å². The highest BCUT2D eigenvalue weighted by Crippen LogP contribution is 2.27. The number of hydrogen-bond acceptors (Lipinski definition) is 4. The number of nitrogens with zero attached hydrogens (tertiary/aromatic N) is 1. The van der Waals surface area contributed by atoms with E-state index in [4.69, 9.17) is 16.3 Å². The summed E-state index contributed by atoms with van der Waals surface area (Å²) in [6.07, 6.45) is 1.89. The first-order valence-electron chi connectivity index (χ1n) is 8.04. The van der Waals surface area contributed by atoms with Gasteiger partial charge in [-0.2, -0.15) is 0 Å². The van der Waals surface area contributed by atoms with Gasteiger partial charge in [-0.3, -0.25) is 4.79 Å². The molecule has 5 nitrogen and oxygen atoms in total. The van der Waals surface area contributed by atoms with Crippen molar-refractivity contribution in [2.45, 2.75) is 32.3 Å². The molecule has 0 saturated carbocycles. The van der Waals surface area contributed by atoms with Crippen molar-refractivity contribution >= 4 is 23.2 Å². The summed E-state index contributed by atoms with van der Waals surface area (Å²) in [6.45, 7) is 3.82. The Kier molecular flexibility index (Phi) is 6.54. The quantitative estimate of drug-likeness (QED) is 0.836. The SMILES string of the molecule is COc1ccc(Cl)cc1NCCC(=O)N1CCC(C(C)O)CC1. The number of likely N-dealkylation sites (tertiary alicyclic amines) is 1. The lowest BCUT2D eigenvalue weighted by Gasteiger charge is -2.33. The van der Waals surface area contributed by atoms with E-state index in [1.165, 1.54) is 0 Å². The van der Waals surface area contributed by atoms with Crippen LogP contribution in [0.1, 0.15) is 26.2 Å². The average molecular weight is 341 g/mol. The van der Waals surface area contributed by atoms with E-state index >= 15 is 0 Å². The molecule has 6 heteroatoms. The van der Waals surface area contributed by atoms with Crippen LogP contribution in [0.25, 0.3) is 0 Å². The van der Waals surface area contributed by atoms with Crippen LogP contribution in [0.5, 0.6) is 5.75 Å². The monoisotopic (exact) mass is 340 g/mol. The number of benzene rings is 1. The van der Waals surface area contributed by atoms with Gasteiger partial charge in [0.25, 0.3) is 0 Å². The molecule has 2 N–H and O–H groups in total. The number of nitrogens with one attached hydrogen (secondary N) is 1. The standard InChI is InChI=1S/C17H25ClN2O3/c1-12(21)13-6-9-20(10-7-13)17(22)5-8-19-15-11-14(18)3-4-16(15)23-2/h3-4,11-13,19,21H,5-10H2,1-2H3. The molecule has 128 valence electrons. The molecule has 1 unspecified atom stereocenters. The first-order chi connectivity index (χ1) is 11.0. The van der Waals surface area contributed by atoms with Crippen LogP contribution >= 0.6 is 11.6 Å². The first-order valence-corrected chi connectivity index (χ1v) is 8.42. The van der Waals surface area contributed by atoms with Crippen LogP contribution in [-0.4, -0.2) is 48.8 Å². The predicted molar refractivity (Wildman–Crippen MR) is 92.1 cm³/mol. The fourth-order valence-corrected chi connectivity index (χ4v) is 3.08. The van der Waals surface area contributed by atoms with Crippen LogP contribution in [0.2, 0.25) is 5.02 Å². The molecular weight excluding hydrogens is 316 g/mol. The zero-order valence-electron chi connectivity index (χ0n) is 13.7. The van der Waals surface area contributed by atoms with E-state index in [1.54, 1.807) is 25.3 Å². The molecule has 23 heavy (non-hydrogen) atoms. The Labute approximate surface area is 142 Å². The lowest BCUT2D eigenvalue weighted by atomic mass is 9.92. The Bertz CT molecular complexity index is 529. The summed E-state index contributed by atoms with van der Waals surface area (Å²) >= 11 is 5.99. The van der Waals surface area contributed by atoms with E-state index in [1.807, 2.05) is 11.8 Å². The van der Waals surface area contributed by atoms with Gasteiger partial charge in [-0.15, -0.1) is 0 Å². The zero-order valence-corrected chi connectivity index (χ0v) is 14.5. The summed E-state index contributed by atoms with van der Waals surface area (Å²) in [5, 5.41) is 13.4. The minimum atomic E-state index is -0.288. The summed E-state index contributed by atoms with van der Waals surface area (Å²) in [7, 11) is 1.60. The van der Waals surface area contributed by atoms with Gasteiger partial charge in [0.05, 0.1) is 18.9 Å². The van der Waals surface area contributed by atoms with E-state index < -0.39 is 0 Å². The van der Waals surface area contributed by atoms with Crippen molar-refractivity contribution in [1.82, 2.24) is 4.90 Å². The first kappa shape index (κ1) is 17.9. The Morgan fingerprint density at radius 3 is 2.78 bits per heavy atom. The van der Waals surface area contributed by atoms with Gasteiger partial charge < -0.3 is 20.1 Å². The second-order valence-electron chi connectivity index (χ2n) is 5.98. The van der Waals surface area contributed by atoms with Crippen molar-refractivity contribution in [3.05, 3.63) is 23.2 Å². The number of methoxy groups -OCH3 is 1. The zero-order chi connectivity index (χ0) is 16.8. The number of piperidine rings is 1. The van der Waals surface area contributed by atoms with Gasteiger partial charge in [-0.25, -0.2) is 0 Å². The second-order valence-corrected chi connectivity index (χ2v) is 6.42. The van der Waals surface area contributed by atoms with Gasteiger partial charge >= 0.3 is 0 Å². The van der Waals surface area contributed by atoms with Crippen LogP contribution in [0.15, 0.2) is 18.2 Å². The van der Waals surface area contributed by atoms with Crippen molar-refractivity contribution in [3.63, 3.8) is 0 Å². The molecule has 1 saturated heterocycles. The smallest absolute Gasteiger partial charge is 0.224 e. The number of amides is 1. The lowest BCUT2D eigenvalue weighted by Crippen LogP contribution is -2.41. The largest absolute Gasteiger partial charge is 0.495 e. The lowest BCUT2D eigenvalue weighted by molar-refractivity contribution is -0.132. The second kappa shape index (κ2) is 8.41. The minimum absolute atomic E-state index is 0.141. The molecule has 2 rings (SSSR count). The molecule has 0 spiro atoms. The highest BCUT2D eigenvalue weighted by Gasteiger charge is 2.25. The third-order valence-electron chi connectivity index (χ3n) is 4.39. The number of carbonyl (C=O) groups is 1. The molecule has 1 aliphatic rings. The van der Waals surface area contributed by atoms with Crippen molar-refractivity contribution in [2.75, 3.05) is 32.1 Å². The van der Waals surface area contributed by atoms with Gasteiger partial charge in [0.15, 0.2) is 0 Å². The van der Waals surface area contributed by atoms with Crippen molar-refractivity contribution < 1.29 is 14.6 Å². The maximum Gasteiger partial charge on any atom is 0.224 e. The molecule has 0 radical (unpaired) electrons. The molecule has 1 fully saturated rings. The predicted octanol–water partition coefficient (Wildman–Crippen LogP) is 2.77. The van der Waals surface area contributed by atoms with Gasteiger partial charge in [0.1, 0.15) is 5.75 Å². The molecule has 1 amide bonds. The topological polar surface area (TPSA) is 61.8 Å². The Balaban J connectivity index is 1.78. The Morgan fingerprint density at radius 1 is 1.48 bits per heavy atom. The van der Waals surface area contributed by atoms with Gasteiger partial charge in [-0.1, -0.05) is 11.6 Å². The number of anilines is 1. The average Bonchev–Trinajstić information content (AvgIpc) is 2.55. The van der Waals surface area contributed by atoms with Crippen LogP contribution in [-0.2, 0) is 4.79 Å². The number of aliphatic hydroxyl groups excluding tert-OH is 1. The summed E-state index contributed by atoms with van der Waals surface area (Å²) in [4.78, 5) is 14.1. The van der Waals surface area contributed by atoms with Crippen molar-refractivity contribution in [1.29, 1.82) is 0 Å². The minimum Gasteiger partial charge on any atom is -0.495 e. The van der Waals surface area contributed by atoms with Crippen molar-refractivity contribution in [2.24, 2.45) is 5.92 Å². The van der Waals surface area contributed by atoms with Gasteiger partial charge in [-0.05, 0) is 43.9 Å². The number of aliphatic hydroxyl groups is 1.